The zero-order chi connectivity index (χ0) is 62.2. The molecule has 6 N–H and O–H groups in total. The number of esters is 5. The molecule has 0 saturated carbocycles. The van der Waals surface area contributed by atoms with Gasteiger partial charge in [0.05, 0.1) is 16.7 Å². The minimum atomic E-state index is -1.11. The first-order chi connectivity index (χ1) is 39.1. The molecule has 0 aliphatic carbocycles. The number of carboxylic acids is 6. The van der Waals surface area contributed by atoms with Gasteiger partial charge in [-0.05, 0) is 120 Å². The number of benzene rings is 7. The molecule has 0 amide bonds. The maximum absolute atomic E-state index is 10.7. The topological polar surface area (TPSA) is 355 Å². The van der Waals surface area contributed by atoms with E-state index in [4.69, 9.17) is 49.6 Å². The summed E-state index contributed by atoms with van der Waals surface area (Å²) in [7, 11) is 0. The number of aliphatic carboxylic acids is 2. The lowest BCUT2D eigenvalue weighted by Gasteiger charge is -2.04. The van der Waals surface area contributed by atoms with Crippen LogP contribution >= 0.6 is 0 Å². The number of para-hydroxylation sites is 2. The summed E-state index contributed by atoms with van der Waals surface area (Å²) in [5.41, 5.74) is 3.04. The van der Waals surface area contributed by atoms with E-state index in [9.17, 15) is 52.7 Å². The molecule has 0 fully saturated rings. The molecule has 0 bridgehead atoms. The summed E-state index contributed by atoms with van der Waals surface area (Å²) < 4.78 is 23.8. The van der Waals surface area contributed by atoms with E-state index in [0.717, 1.165) is 28.5 Å². The number of ether oxygens (including phenoxy) is 5. The summed E-state index contributed by atoms with van der Waals surface area (Å²) in [6.45, 7) is 8.39. The van der Waals surface area contributed by atoms with E-state index in [2.05, 4.69) is 4.74 Å². The number of carbonyl (C=O) groups is 11. The molecule has 0 aliphatic rings. The smallest absolute Gasteiger partial charge is 0.339 e. The maximum atomic E-state index is 10.7. The highest BCUT2D eigenvalue weighted by molar-refractivity contribution is 5.95. The Bertz CT molecular complexity index is 3500. The second kappa shape index (κ2) is 35.1. The first kappa shape index (κ1) is 67.6. The van der Waals surface area contributed by atoms with E-state index >= 15 is 0 Å². The second-order valence-electron chi connectivity index (χ2n) is 16.3. The van der Waals surface area contributed by atoms with Crippen LogP contribution in [0.15, 0.2) is 170 Å². The van der Waals surface area contributed by atoms with E-state index in [0.29, 0.717) is 28.4 Å². The maximum Gasteiger partial charge on any atom is 0.339 e. The standard InChI is InChI=1S/C12H10O2.2C11H10O4.3C9H8O4/c1-8-2-3-10-7-11(12(13)14)5-4-9(10)6-8;1-8(12)15-10-5-2-9(3-6-10)4-7-11(13)14;1-8(12)15-10-5-3-2-4-9(10)6-7-11(13)14;1-6(10)13-8-4-2-7(3-5-8)9(11)12;1-6(10)13-8-4-2-3-7(5-8)9(11)12;1-6(10)13-8-5-3-2-4-7(8)9(11)12/h2-7H,1H3,(H,13,14);2*2-7H,1H3,(H,13,14);3*2-5H,1H3,(H,11,12)/b;7-4+;7-6+;;;. The molecule has 0 atom stereocenters. The molecule has 0 saturated heterocycles. The second-order valence-corrected chi connectivity index (χ2v) is 16.3. The Morgan fingerprint density at radius 1 is 0.349 bits per heavy atom. The van der Waals surface area contributed by atoms with Crippen molar-refractivity contribution in [1.82, 2.24) is 0 Å². The van der Waals surface area contributed by atoms with E-state index in [-0.39, 0.29) is 34.2 Å². The normalized spacial score (nSPS) is 9.81. The van der Waals surface area contributed by atoms with Crippen molar-refractivity contribution in [1.29, 1.82) is 0 Å². The highest BCUT2D eigenvalue weighted by atomic mass is 16.6. The van der Waals surface area contributed by atoms with E-state index in [1.807, 2.05) is 31.2 Å². The Kier molecular flexibility index (Phi) is 28.5. The lowest BCUT2D eigenvalue weighted by Crippen LogP contribution is -2.06. The summed E-state index contributed by atoms with van der Waals surface area (Å²) in [6.07, 6.45) is 4.86. The van der Waals surface area contributed by atoms with Crippen molar-refractivity contribution in [3.8, 4) is 28.7 Å². The Labute approximate surface area is 473 Å². The molecule has 0 aliphatic heterocycles. The minimum absolute atomic E-state index is 0.0160. The van der Waals surface area contributed by atoms with Crippen LogP contribution < -0.4 is 23.7 Å². The Morgan fingerprint density at radius 3 is 1.28 bits per heavy atom. The highest BCUT2D eigenvalue weighted by Crippen LogP contribution is 2.21. The van der Waals surface area contributed by atoms with E-state index < -0.39 is 59.7 Å². The van der Waals surface area contributed by atoms with Crippen molar-refractivity contribution in [3.05, 3.63) is 209 Å². The molecule has 0 radical (unpaired) electrons. The first-order valence-electron chi connectivity index (χ1n) is 23.8. The molecular weight excluding hydrogens is 1080 g/mol. The van der Waals surface area contributed by atoms with Gasteiger partial charge in [0.15, 0.2) is 0 Å². The average Bonchev–Trinajstić information content (AvgIpc) is 3.49. The fourth-order valence-electron chi connectivity index (χ4n) is 6.08. The van der Waals surface area contributed by atoms with E-state index in [1.54, 1.807) is 72.8 Å². The number of aryl methyl sites for hydroxylation is 1. The number of fused-ring (bicyclic) bond motifs is 1. The zero-order valence-electron chi connectivity index (χ0n) is 45.0. The summed E-state index contributed by atoms with van der Waals surface area (Å²) in [6, 6.07) is 41.7. The third-order valence-corrected chi connectivity index (χ3v) is 9.46. The molecule has 83 heavy (non-hydrogen) atoms. The zero-order valence-corrected chi connectivity index (χ0v) is 45.0. The van der Waals surface area contributed by atoms with Gasteiger partial charge in [0.1, 0.15) is 34.3 Å². The van der Waals surface area contributed by atoms with Gasteiger partial charge in [-0.2, -0.15) is 0 Å². The number of hydrogen-bond donors (Lipinski definition) is 6. The van der Waals surface area contributed by atoms with Crippen LogP contribution in [0, 0.1) is 6.92 Å². The molecule has 0 heterocycles. The molecular formula is C61H54O22. The summed E-state index contributed by atoms with van der Waals surface area (Å²) in [4.78, 5) is 116. The van der Waals surface area contributed by atoms with Gasteiger partial charge in [0.25, 0.3) is 0 Å². The van der Waals surface area contributed by atoms with Crippen LogP contribution in [0.1, 0.15) is 92.7 Å². The van der Waals surface area contributed by atoms with Crippen molar-refractivity contribution in [3.63, 3.8) is 0 Å². The molecule has 22 heteroatoms. The van der Waals surface area contributed by atoms with Gasteiger partial charge in [-0.25, -0.2) is 28.8 Å². The molecule has 0 spiro atoms. The SMILES string of the molecule is CC(=O)Oc1ccc(/C=C/C(=O)O)cc1.CC(=O)Oc1ccc(C(=O)O)cc1.CC(=O)Oc1cccc(C(=O)O)c1.CC(=O)Oc1ccccc1/C=C/C(=O)O.CC(=O)Oc1ccccc1C(=O)O.Cc1ccc2cc(C(=O)O)ccc2c1. The van der Waals surface area contributed by atoms with Gasteiger partial charge in [0, 0.05) is 52.3 Å². The quantitative estimate of drug-likeness (QED) is 0.0355. The van der Waals surface area contributed by atoms with Crippen LogP contribution in [0.3, 0.4) is 0 Å². The van der Waals surface area contributed by atoms with Gasteiger partial charge in [-0.3, -0.25) is 24.0 Å². The number of hydrogen-bond acceptors (Lipinski definition) is 16. The van der Waals surface area contributed by atoms with Gasteiger partial charge >= 0.3 is 65.7 Å². The summed E-state index contributed by atoms with van der Waals surface area (Å²) >= 11 is 0. The number of aromatic carboxylic acids is 4. The largest absolute Gasteiger partial charge is 0.478 e. The van der Waals surface area contributed by atoms with Crippen LogP contribution in [0.4, 0.5) is 0 Å². The lowest BCUT2D eigenvalue weighted by atomic mass is 10.1. The van der Waals surface area contributed by atoms with Gasteiger partial charge < -0.3 is 54.3 Å². The lowest BCUT2D eigenvalue weighted by molar-refractivity contribution is -0.132. The number of rotatable bonds is 13. The van der Waals surface area contributed by atoms with Gasteiger partial charge in [-0.1, -0.05) is 78.4 Å². The van der Waals surface area contributed by atoms with Crippen LogP contribution in [-0.4, -0.2) is 96.3 Å². The van der Waals surface area contributed by atoms with Crippen LogP contribution in [0.25, 0.3) is 22.9 Å². The molecule has 7 aromatic rings. The Morgan fingerprint density at radius 2 is 0.771 bits per heavy atom. The third-order valence-electron chi connectivity index (χ3n) is 9.46. The van der Waals surface area contributed by atoms with Crippen molar-refractivity contribution in [2.45, 2.75) is 41.5 Å². The van der Waals surface area contributed by atoms with Crippen LogP contribution in [0.2, 0.25) is 0 Å². The van der Waals surface area contributed by atoms with E-state index in [1.165, 1.54) is 113 Å². The third kappa shape index (κ3) is 28.1. The minimum Gasteiger partial charge on any atom is -0.478 e. The van der Waals surface area contributed by atoms with Crippen molar-refractivity contribution in [2.75, 3.05) is 0 Å². The fourth-order valence-corrected chi connectivity index (χ4v) is 6.08. The molecule has 22 nitrogen and oxygen atoms in total. The molecule has 7 rings (SSSR count). The molecule has 0 aromatic heterocycles. The monoisotopic (exact) mass is 1140 g/mol. The average molecular weight is 1140 g/mol. The molecule has 0 unspecified atom stereocenters. The van der Waals surface area contributed by atoms with Crippen LogP contribution in [0.5, 0.6) is 28.7 Å². The number of carboxylic acid groups (broad SMARTS) is 6. The predicted octanol–water partition coefficient (Wildman–Crippen LogP) is 10.2. The molecule has 7 aromatic carbocycles. The number of carbonyl (C=O) groups excluding carboxylic acids is 5. The van der Waals surface area contributed by atoms with Crippen LogP contribution in [-0.2, 0) is 33.6 Å². The first-order valence-corrected chi connectivity index (χ1v) is 23.8. The summed E-state index contributed by atoms with van der Waals surface area (Å²) in [5, 5.41) is 53.5. The fraction of sp³-hybridized carbons (Fsp3) is 0.0984. The summed E-state index contributed by atoms with van der Waals surface area (Å²) in [5.74, 6) is -6.90. The van der Waals surface area contributed by atoms with Gasteiger partial charge in [0.2, 0.25) is 0 Å². The Balaban J connectivity index is 0.000000340. The predicted molar refractivity (Wildman–Crippen MR) is 299 cm³/mol. The molecule has 430 valence electrons. The van der Waals surface area contributed by atoms with Gasteiger partial charge in [-0.15, -0.1) is 0 Å². The highest BCUT2D eigenvalue weighted by Gasteiger charge is 2.12. The Hall–Kier alpha value is -11.6. The van der Waals surface area contributed by atoms with Crippen molar-refractivity contribution in [2.24, 2.45) is 0 Å². The van der Waals surface area contributed by atoms with Crippen molar-refractivity contribution >= 4 is 88.6 Å². The van der Waals surface area contributed by atoms with Crippen molar-refractivity contribution < 1.29 is 107 Å².